The Morgan fingerprint density at radius 3 is 2.81 bits per heavy atom. The van der Waals surface area contributed by atoms with Crippen molar-refractivity contribution < 1.29 is 9.72 Å². The molecule has 2 aromatic heterocycles. The number of nitrogens with two attached hydrogens (primary N) is 1. The SMILES string of the molecule is Cl.N=C(N)CCNC(=O)c1ccc2[nH]c(-c3ccc([N+](=O)[O-])s3)nc2c1. The number of nitrogens with zero attached hydrogens (tertiary/aromatic N) is 2. The molecule has 5 N–H and O–H groups in total. The van der Waals surface area contributed by atoms with E-state index in [1.54, 1.807) is 24.3 Å². The molecular weight excluding hydrogens is 380 g/mol. The lowest BCUT2D eigenvalue weighted by molar-refractivity contribution is -0.380. The van der Waals surface area contributed by atoms with Crippen molar-refractivity contribution in [3.05, 3.63) is 46.0 Å². The summed E-state index contributed by atoms with van der Waals surface area (Å²) in [5, 5.41) is 20.6. The smallest absolute Gasteiger partial charge is 0.324 e. The summed E-state index contributed by atoms with van der Waals surface area (Å²) in [6.07, 6.45) is 0.289. The number of fused-ring (bicyclic) bond motifs is 1. The standard InChI is InChI=1S/C15H14N6O3S.ClH/c16-12(17)5-6-18-15(22)8-1-2-9-10(7-8)20-14(19-9)11-3-4-13(25-11)21(23)24;/h1-4,7H,5-6H2,(H3,16,17)(H,18,22)(H,19,20);1H. The van der Waals surface area contributed by atoms with Gasteiger partial charge in [0.15, 0.2) is 0 Å². The van der Waals surface area contributed by atoms with Crippen LogP contribution >= 0.6 is 23.7 Å². The number of benzene rings is 1. The summed E-state index contributed by atoms with van der Waals surface area (Å²) in [5.74, 6) is 0.249. The lowest BCUT2D eigenvalue weighted by atomic mass is 10.2. The highest BCUT2D eigenvalue weighted by Gasteiger charge is 2.15. The summed E-state index contributed by atoms with van der Waals surface area (Å²) in [6, 6.07) is 8.09. The highest BCUT2D eigenvalue weighted by atomic mass is 35.5. The van der Waals surface area contributed by atoms with E-state index in [1.165, 1.54) is 6.07 Å². The largest absolute Gasteiger partial charge is 0.388 e. The average Bonchev–Trinajstić information content (AvgIpc) is 3.20. The van der Waals surface area contributed by atoms with E-state index < -0.39 is 4.92 Å². The van der Waals surface area contributed by atoms with Crippen LogP contribution in [0.1, 0.15) is 16.8 Å². The van der Waals surface area contributed by atoms with E-state index in [0.29, 0.717) is 21.8 Å². The number of halogens is 1. The summed E-state index contributed by atoms with van der Waals surface area (Å²) < 4.78 is 0. The molecule has 0 radical (unpaired) electrons. The lowest BCUT2D eigenvalue weighted by Gasteiger charge is -2.04. The number of aromatic amines is 1. The van der Waals surface area contributed by atoms with E-state index in [9.17, 15) is 14.9 Å². The van der Waals surface area contributed by atoms with Crippen LogP contribution < -0.4 is 11.1 Å². The quantitative estimate of drug-likeness (QED) is 0.219. The zero-order chi connectivity index (χ0) is 18.0. The predicted molar refractivity (Wildman–Crippen MR) is 102 cm³/mol. The molecule has 3 aromatic rings. The van der Waals surface area contributed by atoms with Gasteiger partial charge in [-0.15, -0.1) is 12.4 Å². The minimum absolute atomic E-state index is 0. The molecule has 9 nitrogen and oxygen atoms in total. The maximum atomic E-state index is 12.1. The number of amides is 1. The van der Waals surface area contributed by atoms with Crippen molar-refractivity contribution in [2.45, 2.75) is 6.42 Å². The molecule has 1 aromatic carbocycles. The molecule has 0 aliphatic rings. The highest BCUT2D eigenvalue weighted by Crippen LogP contribution is 2.32. The Balaban J connectivity index is 0.00000243. The number of imidazole rings is 1. The zero-order valence-electron chi connectivity index (χ0n) is 13.3. The molecule has 136 valence electrons. The number of hydrogen-bond acceptors (Lipinski definition) is 6. The van der Waals surface area contributed by atoms with Gasteiger partial charge >= 0.3 is 5.00 Å². The second-order valence-electron chi connectivity index (χ2n) is 5.24. The topological polar surface area (TPSA) is 151 Å². The van der Waals surface area contributed by atoms with Gasteiger partial charge in [0.1, 0.15) is 5.82 Å². The summed E-state index contributed by atoms with van der Waals surface area (Å²) in [6.45, 7) is 0.289. The van der Waals surface area contributed by atoms with Crippen LogP contribution in [-0.2, 0) is 0 Å². The molecule has 0 aliphatic carbocycles. The molecule has 2 heterocycles. The van der Waals surface area contributed by atoms with E-state index in [1.807, 2.05) is 0 Å². The minimum atomic E-state index is -0.444. The maximum Gasteiger partial charge on any atom is 0.324 e. The predicted octanol–water partition coefficient (Wildman–Crippen LogP) is 2.68. The first-order chi connectivity index (χ1) is 11.9. The molecule has 0 saturated carbocycles. The lowest BCUT2D eigenvalue weighted by Crippen LogP contribution is -2.27. The molecule has 1 amide bonds. The summed E-state index contributed by atoms with van der Waals surface area (Å²) in [5.41, 5.74) is 7.00. The van der Waals surface area contributed by atoms with Gasteiger partial charge in [0, 0.05) is 24.6 Å². The van der Waals surface area contributed by atoms with Crippen molar-refractivity contribution in [2.75, 3.05) is 6.54 Å². The van der Waals surface area contributed by atoms with Gasteiger partial charge in [0.25, 0.3) is 5.91 Å². The number of carbonyl (C=O) groups excluding carboxylic acids is 1. The Kier molecular flexibility index (Phi) is 5.90. The van der Waals surface area contributed by atoms with Gasteiger partial charge in [-0.25, -0.2) is 4.98 Å². The third-order valence-electron chi connectivity index (χ3n) is 3.43. The van der Waals surface area contributed by atoms with Gasteiger partial charge in [0.2, 0.25) is 0 Å². The van der Waals surface area contributed by atoms with E-state index in [0.717, 1.165) is 16.9 Å². The van der Waals surface area contributed by atoms with Gasteiger partial charge in [-0.1, -0.05) is 11.3 Å². The fourth-order valence-corrected chi connectivity index (χ4v) is 2.99. The van der Waals surface area contributed by atoms with Crippen LogP contribution in [-0.4, -0.2) is 33.2 Å². The van der Waals surface area contributed by atoms with Gasteiger partial charge in [-0.2, -0.15) is 0 Å². The van der Waals surface area contributed by atoms with Crippen molar-refractivity contribution in [1.82, 2.24) is 15.3 Å². The number of carbonyl (C=O) groups is 1. The van der Waals surface area contributed by atoms with Crippen LogP contribution in [0.15, 0.2) is 30.3 Å². The first-order valence-corrected chi connectivity index (χ1v) is 8.11. The van der Waals surface area contributed by atoms with E-state index in [-0.39, 0.29) is 42.1 Å². The third kappa shape index (κ3) is 4.16. The monoisotopic (exact) mass is 394 g/mol. The molecular formula is C15H15ClN6O3S. The van der Waals surface area contributed by atoms with Crippen LogP contribution in [0.2, 0.25) is 0 Å². The Labute approximate surface area is 157 Å². The number of rotatable bonds is 6. The molecule has 0 spiro atoms. The second kappa shape index (κ2) is 7.93. The van der Waals surface area contributed by atoms with Crippen molar-refractivity contribution in [3.63, 3.8) is 0 Å². The number of amidine groups is 1. The highest BCUT2D eigenvalue weighted by molar-refractivity contribution is 7.18. The van der Waals surface area contributed by atoms with Crippen LogP contribution in [0.5, 0.6) is 0 Å². The van der Waals surface area contributed by atoms with Crippen LogP contribution in [0.3, 0.4) is 0 Å². The second-order valence-corrected chi connectivity index (χ2v) is 6.31. The third-order valence-corrected chi connectivity index (χ3v) is 4.47. The number of nitrogens with one attached hydrogen (secondary N) is 3. The molecule has 0 atom stereocenters. The molecule has 0 saturated heterocycles. The summed E-state index contributed by atoms with van der Waals surface area (Å²) >= 11 is 1.03. The first-order valence-electron chi connectivity index (χ1n) is 7.29. The molecule has 26 heavy (non-hydrogen) atoms. The maximum absolute atomic E-state index is 12.1. The first kappa shape index (κ1) is 19.3. The van der Waals surface area contributed by atoms with Gasteiger partial charge in [-0.3, -0.25) is 20.3 Å². The molecule has 0 aliphatic heterocycles. The Bertz CT molecular complexity index is 983. The minimum Gasteiger partial charge on any atom is -0.388 e. The van der Waals surface area contributed by atoms with Crippen molar-refractivity contribution >= 4 is 51.5 Å². The summed E-state index contributed by atoms with van der Waals surface area (Å²) in [4.78, 5) is 30.6. The molecule has 11 heteroatoms. The molecule has 3 rings (SSSR count). The van der Waals surface area contributed by atoms with E-state index in [2.05, 4.69) is 15.3 Å². The Morgan fingerprint density at radius 1 is 1.38 bits per heavy atom. The van der Waals surface area contributed by atoms with Gasteiger partial charge in [-0.05, 0) is 24.3 Å². The number of aromatic nitrogens is 2. The summed E-state index contributed by atoms with van der Waals surface area (Å²) in [7, 11) is 0. The van der Waals surface area contributed by atoms with Crippen molar-refractivity contribution in [3.8, 4) is 10.7 Å². The van der Waals surface area contributed by atoms with E-state index in [4.69, 9.17) is 11.1 Å². The molecule has 0 unspecified atom stereocenters. The zero-order valence-corrected chi connectivity index (χ0v) is 14.9. The number of thiophene rings is 1. The Hall–Kier alpha value is -2.98. The normalized spacial score (nSPS) is 10.3. The molecule has 0 fully saturated rings. The fourth-order valence-electron chi connectivity index (χ4n) is 2.23. The number of hydrogen-bond donors (Lipinski definition) is 4. The Morgan fingerprint density at radius 2 is 2.15 bits per heavy atom. The van der Waals surface area contributed by atoms with Crippen LogP contribution in [0, 0.1) is 15.5 Å². The number of nitro groups is 1. The van der Waals surface area contributed by atoms with E-state index >= 15 is 0 Å². The van der Waals surface area contributed by atoms with Crippen molar-refractivity contribution in [2.24, 2.45) is 5.73 Å². The van der Waals surface area contributed by atoms with Gasteiger partial charge in [0.05, 0.1) is 26.7 Å². The van der Waals surface area contributed by atoms with Crippen LogP contribution in [0.4, 0.5) is 5.00 Å². The van der Waals surface area contributed by atoms with Crippen molar-refractivity contribution in [1.29, 1.82) is 5.41 Å². The van der Waals surface area contributed by atoms with Gasteiger partial charge < -0.3 is 16.0 Å². The fraction of sp³-hybridized carbons (Fsp3) is 0.133. The van der Waals surface area contributed by atoms with Crippen LogP contribution in [0.25, 0.3) is 21.7 Å². The number of H-pyrrole nitrogens is 1. The average molecular weight is 395 g/mol. The molecule has 0 bridgehead atoms.